The zero-order valence-corrected chi connectivity index (χ0v) is 11.7. The van der Waals surface area contributed by atoms with E-state index in [0.29, 0.717) is 0 Å². The molecule has 0 aliphatic carbocycles. The van der Waals surface area contributed by atoms with Gasteiger partial charge in [-0.15, -0.1) is 0 Å². The summed E-state index contributed by atoms with van der Waals surface area (Å²) in [5, 5.41) is 9.01. The van der Waals surface area contributed by atoms with Crippen molar-refractivity contribution >= 4 is 5.97 Å². The smallest absolute Gasteiger partial charge is 0.320 e. The van der Waals surface area contributed by atoms with Gasteiger partial charge in [-0.1, -0.05) is 29.8 Å². The van der Waals surface area contributed by atoms with Gasteiger partial charge in [-0.2, -0.15) is 0 Å². The number of carbonyl (C=O) groups is 1. The second kappa shape index (κ2) is 6.17. The number of rotatable bonds is 4. The first-order valence-corrected chi connectivity index (χ1v) is 6.81. The van der Waals surface area contributed by atoms with Crippen LogP contribution in [-0.2, 0) is 11.3 Å². The van der Waals surface area contributed by atoms with E-state index in [9.17, 15) is 4.79 Å². The highest BCUT2D eigenvalue weighted by molar-refractivity contribution is 5.72. The molecule has 2 rings (SSSR count). The minimum Gasteiger partial charge on any atom is -0.480 e. The predicted molar refractivity (Wildman–Crippen MR) is 75.1 cm³/mol. The van der Waals surface area contributed by atoms with Gasteiger partial charge in [-0.3, -0.25) is 14.6 Å². The van der Waals surface area contributed by atoms with E-state index in [-0.39, 0.29) is 6.04 Å². The van der Waals surface area contributed by atoms with Crippen LogP contribution in [0.25, 0.3) is 0 Å². The van der Waals surface area contributed by atoms with Crippen LogP contribution in [0.4, 0.5) is 0 Å². The molecule has 4 heteroatoms. The highest BCUT2D eigenvalue weighted by atomic mass is 16.4. The average Bonchev–Trinajstić information content (AvgIpc) is 2.41. The van der Waals surface area contributed by atoms with E-state index in [1.165, 1.54) is 11.1 Å². The Labute approximate surface area is 114 Å². The molecular weight excluding hydrogens is 240 g/mol. The van der Waals surface area contributed by atoms with E-state index in [1.54, 1.807) is 6.92 Å². The Bertz CT molecular complexity index is 422. The van der Waals surface area contributed by atoms with Crippen molar-refractivity contribution < 1.29 is 9.90 Å². The van der Waals surface area contributed by atoms with Crippen molar-refractivity contribution in [2.75, 3.05) is 26.2 Å². The molecule has 104 valence electrons. The first-order valence-electron chi connectivity index (χ1n) is 6.81. The normalized spacial score (nSPS) is 19.3. The van der Waals surface area contributed by atoms with Gasteiger partial charge >= 0.3 is 5.97 Å². The maximum Gasteiger partial charge on any atom is 0.320 e. The largest absolute Gasteiger partial charge is 0.480 e. The van der Waals surface area contributed by atoms with Crippen molar-refractivity contribution in [3.63, 3.8) is 0 Å². The van der Waals surface area contributed by atoms with Gasteiger partial charge in [0.05, 0.1) is 0 Å². The maximum absolute atomic E-state index is 10.9. The molecular formula is C15H22N2O2. The van der Waals surface area contributed by atoms with Crippen LogP contribution in [0.15, 0.2) is 24.3 Å². The Kier molecular flexibility index (Phi) is 4.56. The summed E-state index contributed by atoms with van der Waals surface area (Å²) in [5.41, 5.74) is 2.61. The third kappa shape index (κ3) is 3.78. The monoisotopic (exact) mass is 262 g/mol. The lowest BCUT2D eigenvalue weighted by atomic mass is 10.1. The summed E-state index contributed by atoms with van der Waals surface area (Å²) >= 11 is 0. The first-order chi connectivity index (χ1) is 9.06. The number of nitrogens with zero attached hydrogens (tertiary/aromatic N) is 2. The number of piperazine rings is 1. The summed E-state index contributed by atoms with van der Waals surface area (Å²) in [4.78, 5) is 15.4. The van der Waals surface area contributed by atoms with Crippen molar-refractivity contribution in [3.05, 3.63) is 35.4 Å². The molecule has 0 spiro atoms. The zero-order chi connectivity index (χ0) is 13.8. The number of aryl methyl sites for hydroxylation is 1. The fraction of sp³-hybridized carbons (Fsp3) is 0.533. The summed E-state index contributed by atoms with van der Waals surface area (Å²) in [6, 6.07) is 8.24. The molecule has 0 bridgehead atoms. The van der Waals surface area contributed by atoms with Crippen LogP contribution in [-0.4, -0.2) is 53.1 Å². The predicted octanol–water partition coefficient (Wildman–Crippen LogP) is 1.59. The molecule has 1 aromatic rings. The number of benzene rings is 1. The Balaban J connectivity index is 1.83. The number of carboxylic acid groups (broad SMARTS) is 1. The fourth-order valence-corrected chi connectivity index (χ4v) is 2.42. The molecule has 1 N–H and O–H groups in total. The van der Waals surface area contributed by atoms with E-state index in [2.05, 4.69) is 36.1 Å². The summed E-state index contributed by atoms with van der Waals surface area (Å²) in [5.74, 6) is -0.730. The van der Waals surface area contributed by atoms with Crippen LogP contribution in [0.5, 0.6) is 0 Å². The number of carboxylic acids is 1. The second-order valence-corrected chi connectivity index (χ2v) is 5.31. The molecule has 19 heavy (non-hydrogen) atoms. The molecule has 0 radical (unpaired) electrons. The maximum atomic E-state index is 10.9. The lowest BCUT2D eigenvalue weighted by Crippen LogP contribution is -2.51. The van der Waals surface area contributed by atoms with E-state index in [0.717, 1.165) is 32.7 Å². The first kappa shape index (κ1) is 14.0. The molecule has 1 atom stereocenters. The van der Waals surface area contributed by atoms with Crippen molar-refractivity contribution in [1.29, 1.82) is 0 Å². The van der Waals surface area contributed by atoms with Gasteiger partial charge in [-0.05, 0) is 19.4 Å². The molecule has 0 aromatic heterocycles. The number of hydrogen-bond donors (Lipinski definition) is 1. The SMILES string of the molecule is Cc1ccc(CN2CCN(C(C)C(=O)O)CC2)cc1. The molecule has 4 nitrogen and oxygen atoms in total. The van der Waals surface area contributed by atoms with Gasteiger partial charge in [0.15, 0.2) is 0 Å². The Hall–Kier alpha value is -1.39. The van der Waals surface area contributed by atoms with E-state index in [4.69, 9.17) is 5.11 Å². The van der Waals surface area contributed by atoms with E-state index >= 15 is 0 Å². The molecule has 0 saturated carbocycles. The quantitative estimate of drug-likeness (QED) is 0.895. The molecule has 1 aliphatic heterocycles. The fourth-order valence-electron chi connectivity index (χ4n) is 2.42. The third-order valence-corrected chi connectivity index (χ3v) is 3.84. The summed E-state index contributed by atoms with van der Waals surface area (Å²) in [6.45, 7) is 8.35. The van der Waals surface area contributed by atoms with Gasteiger partial charge in [0.25, 0.3) is 0 Å². The van der Waals surface area contributed by atoms with Gasteiger partial charge in [-0.25, -0.2) is 0 Å². The number of aliphatic carboxylic acids is 1. The van der Waals surface area contributed by atoms with E-state index in [1.807, 2.05) is 4.90 Å². The standard InChI is InChI=1S/C15H22N2O2/c1-12-3-5-14(6-4-12)11-16-7-9-17(10-8-16)13(2)15(18)19/h3-6,13H,7-11H2,1-2H3,(H,18,19). The third-order valence-electron chi connectivity index (χ3n) is 3.84. The second-order valence-electron chi connectivity index (χ2n) is 5.31. The summed E-state index contributed by atoms with van der Waals surface area (Å²) in [6.07, 6.45) is 0. The molecule has 1 fully saturated rings. The van der Waals surface area contributed by atoms with Gasteiger partial charge in [0.2, 0.25) is 0 Å². The number of hydrogen-bond acceptors (Lipinski definition) is 3. The molecule has 1 unspecified atom stereocenters. The molecule has 1 aliphatic rings. The average molecular weight is 262 g/mol. The summed E-state index contributed by atoms with van der Waals surface area (Å²) in [7, 11) is 0. The van der Waals surface area contributed by atoms with Crippen LogP contribution in [0.1, 0.15) is 18.1 Å². The van der Waals surface area contributed by atoms with Crippen LogP contribution < -0.4 is 0 Å². The summed E-state index contributed by atoms with van der Waals surface area (Å²) < 4.78 is 0. The van der Waals surface area contributed by atoms with Crippen molar-refractivity contribution in [3.8, 4) is 0 Å². The van der Waals surface area contributed by atoms with Crippen LogP contribution in [0.2, 0.25) is 0 Å². The minimum atomic E-state index is -0.730. The van der Waals surface area contributed by atoms with Crippen molar-refractivity contribution in [2.24, 2.45) is 0 Å². The Morgan fingerprint density at radius 1 is 1.21 bits per heavy atom. The van der Waals surface area contributed by atoms with E-state index < -0.39 is 5.97 Å². The lowest BCUT2D eigenvalue weighted by Gasteiger charge is -2.36. The highest BCUT2D eigenvalue weighted by Crippen LogP contribution is 2.11. The zero-order valence-electron chi connectivity index (χ0n) is 11.7. The van der Waals surface area contributed by atoms with Gasteiger partial charge < -0.3 is 5.11 Å². The highest BCUT2D eigenvalue weighted by Gasteiger charge is 2.24. The van der Waals surface area contributed by atoms with Gasteiger partial charge in [0.1, 0.15) is 6.04 Å². The molecule has 1 saturated heterocycles. The Morgan fingerprint density at radius 3 is 2.32 bits per heavy atom. The molecule has 1 heterocycles. The Morgan fingerprint density at radius 2 is 1.79 bits per heavy atom. The lowest BCUT2D eigenvalue weighted by molar-refractivity contribution is -0.143. The molecule has 0 amide bonds. The van der Waals surface area contributed by atoms with Gasteiger partial charge in [0, 0.05) is 32.7 Å². The topological polar surface area (TPSA) is 43.8 Å². The minimum absolute atomic E-state index is 0.374. The van der Waals surface area contributed by atoms with Crippen LogP contribution in [0.3, 0.4) is 0 Å². The molecule has 1 aromatic carbocycles. The van der Waals surface area contributed by atoms with Crippen LogP contribution in [0, 0.1) is 6.92 Å². The van der Waals surface area contributed by atoms with Crippen LogP contribution >= 0.6 is 0 Å². The van der Waals surface area contributed by atoms with Crippen molar-refractivity contribution in [2.45, 2.75) is 26.4 Å². The van der Waals surface area contributed by atoms with Crippen molar-refractivity contribution in [1.82, 2.24) is 9.80 Å².